The summed E-state index contributed by atoms with van der Waals surface area (Å²) >= 11 is 0. The molecule has 0 radical (unpaired) electrons. The topological polar surface area (TPSA) is 58.2 Å². The number of amidine groups is 1. The molecule has 1 N–H and O–H groups in total. The van der Waals surface area contributed by atoms with Crippen LogP contribution in [0, 0.1) is 17.0 Å². The van der Waals surface area contributed by atoms with E-state index in [4.69, 9.17) is 5.41 Å². The first-order chi connectivity index (χ1) is 12.0. The number of rotatable bonds is 2. The second-order valence-electron chi connectivity index (χ2n) is 4.87. The van der Waals surface area contributed by atoms with E-state index in [1.807, 2.05) is 13.8 Å². The fourth-order valence-corrected chi connectivity index (χ4v) is 2.36. The van der Waals surface area contributed by atoms with E-state index in [9.17, 15) is 13.6 Å². The maximum absolute atomic E-state index is 13.8. The second kappa shape index (κ2) is 7.61. The first-order valence-corrected chi connectivity index (χ1v) is 7.68. The largest absolute Gasteiger partial charge is 0.283 e. The van der Waals surface area contributed by atoms with Gasteiger partial charge in [-0.15, -0.1) is 0 Å². The van der Waals surface area contributed by atoms with Gasteiger partial charge in [0.25, 0.3) is 5.91 Å². The number of carbonyl (C=O) groups is 1. The van der Waals surface area contributed by atoms with Gasteiger partial charge in [-0.3, -0.25) is 14.8 Å². The van der Waals surface area contributed by atoms with Crippen molar-refractivity contribution in [2.45, 2.75) is 13.8 Å². The van der Waals surface area contributed by atoms with E-state index >= 15 is 0 Å². The van der Waals surface area contributed by atoms with Gasteiger partial charge in [-0.2, -0.15) is 0 Å². The van der Waals surface area contributed by atoms with E-state index in [0.29, 0.717) is 16.5 Å². The van der Waals surface area contributed by atoms with E-state index in [-0.39, 0.29) is 11.4 Å². The summed E-state index contributed by atoms with van der Waals surface area (Å²) in [5.41, 5.74) is 0.737. The molecule has 0 spiro atoms. The van der Waals surface area contributed by atoms with Gasteiger partial charge in [0.2, 0.25) is 0 Å². The summed E-state index contributed by atoms with van der Waals surface area (Å²) in [4.78, 5) is 16.0. The number of benzene rings is 2. The minimum atomic E-state index is -1.17. The molecule has 0 aliphatic rings. The van der Waals surface area contributed by atoms with Gasteiger partial charge >= 0.3 is 0 Å². The molecule has 128 valence electrons. The summed E-state index contributed by atoms with van der Waals surface area (Å²) in [7, 11) is 0. The van der Waals surface area contributed by atoms with E-state index < -0.39 is 17.5 Å². The summed E-state index contributed by atoms with van der Waals surface area (Å²) in [5, 5.41) is 8.32. The number of aromatic nitrogens is 1. The van der Waals surface area contributed by atoms with E-state index in [1.54, 1.807) is 24.3 Å². The molecule has 3 rings (SSSR count). The molecule has 6 heteroatoms. The van der Waals surface area contributed by atoms with Crippen LogP contribution >= 0.6 is 0 Å². The molecular formula is C19H17F2N3O. The smallest absolute Gasteiger partial charge is 0.265 e. The highest BCUT2D eigenvalue weighted by Gasteiger charge is 2.18. The molecule has 0 aliphatic heterocycles. The predicted octanol–water partition coefficient (Wildman–Crippen LogP) is 4.66. The van der Waals surface area contributed by atoms with E-state index in [2.05, 4.69) is 11.7 Å². The predicted molar refractivity (Wildman–Crippen MR) is 95.8 cm³/mol. The van der Waals surface area contributed by atoms with Crippen molar-refractivity contribution in [2.75, 3.05) is 0 Å². The van der Waals surface area contributed by atoms with Gasteiger partial charge < -0.3 is 0 Å². The Bertz CT molecular complexity index is 960. The van der Waals surface area contributed by atoms with Gasteiger partial charge in [-0.25, -0.2) is 13.8 Å². The van der Waals surface area contributed by atoms with Crippen LogP contribution in [0.1, 0.15) is 29.8 Å². The molecule has 1 aromatic heterocycles. The Morgan fingerprint density at radius 1 is 1.16 bits per heavy atom. The van der Waals surface area contributed by atoms with Gasteiger partial charge in [0, 0.05) is 17.1 Å². The fourth-order valence-electron chi connectivity index (χ4n) is 2.36. The number of hydrogen-bond donors (Lipinski definition) is 1. The van der Waals surface area contributed by atoms with Crippen LogP contribution in [-0.2, 0) is 0 Å². The van der Waals surface area contributed by atoms with Crippen LogP contribution in [0.25, 0.3) is 10.9 Å². The highest BCUT2D eigenvalue weighted by atomic mass is 19.2. The Morgan fingerprint density at radius 3 is 2.56 bits per heavy atom. The highest BCUT2D eigenvalue weighted by molar-refractivity contribution is 6.05. The summed E-state index contributed by atoms with van der Waals surface area (Å²) in [5.74, 6) is -2.89. The average Bonchev–Trinajstić information content (AvgIpc) is 3.07. The molecule has 0 saturated heterocycles. The Hall–Kier alpha value is -3.15. The Balaban J connectivity index is 0.00000109. The Labute approximate surface area is 143 Å². The lowest BCUT2D eigenvalue weighted by molar-refractivity contribution is 0.0960. The summed E-state index contributed by atoms with van der Waals surface area (Å²) < 4.78 is 28.3. The second-order valence-corrected chi connectivity index (χ2v) is 4.87. The van der Waals surface area contributed by atoms with Crippen LogP contribution in [0.5, 0.6) is 0 Å². The van der Waals surface area contributed by atoms with Crippen LogP contribution < -0.4 is 0 Å². The molecule has 3 aromatic rings. The molecule has 1 heterocycles. The van der Waals surface area contributed by atoms with Crippen molar-refractivity contribution in [3.63, 3.8) is 0 Å². The zero-order valence-corrected chi connectivity index (χ0v) is 13.9. The number of hydrogen-bond acceptors (Lipinski definition) is 2. The molecule has 0 amide bonds. The average molecular weight is 341 g/mol. The number of halogens is 2. The summed E-state index contributed by atoms with van der Waals surface area (Å²) in [6.07, 6.45) is 1.48. The first-order valence-electron chi connectivity index (χ1n) is 7.68. The minimum Gasteiger partial charge on any atom is -0.283 e. The van der Waals surface area contributed by atoms with Crippen LogP contribution in [0.15, 0.2) is 53.7 Å². The van der Waals surface area contributed by atoms with Crippen molar-refractivity contribution in [3.05, 3.63) is 71.4 Å². The third-order valence-electron chi connectivity index (χ3n) is 3.52. The SMILES string of the molecule is C=NC(=N)c1ccc2c(ccn2C(=O)c2cccc(F)c2F)c1.CC. The number of fused-ring (bicyclic) bond motifs is 1. The van der Waals surface area contributed by atoms with Crippen LogP contribution in [-0.4, -0.2) is 23.0 Å². The van der Waals surface area contributed by atoms with Gasteiger partial charge in [0.15, 0.2) is 17.5 Å². The van der Waals surface area contributed by atoms with Crippen LogP contribution in [0.3, 0.4) is 0 Å². The summed E-state index contributed by atoms with van der Waals surface area (Å²) in [6, 6.07) is 10.1. The molecule has 0 atom stereocenters. The lowest BCUT2D eigenvalue weighted by Crippen LogP contribution is -2.13. The number of nitrogens with one attached hydrogen (secondary N) is 1. The van der Waals surface area contributed by atoms with Crippen molar-refractivity contribution in [1.29, 1.82) is 5.41 Å². The van der Waals surface area contributed by atoms with Crippen LogP contribution in [0.2, 0.25) is 0 Å². The highest BCUT2D eigenvalue weighted by Crippen LogP contribution is 2.21. The monoisotopic (exact) mass is 341 g/mol. The Kier molecular flexibility index (Phi) is 5.54. The third kappa shape index (κ3) is 3.38. The Morgan fingerprint density at radius 2 is 1.88 bits per heavy atom. The molecule has 0 fully saturated rings. The molecular weight excluding hydrogens is 324 g/mol. The van der Waals surface area contributed by atoms with Gasteiger partial charge in [0.1, 0.15) is 0 Å². The summed E-state index contributed by atoms with van der Waals surface area (Å²) in [6.45, 7) is 7.30. The standard InChI is InChI=1S/C17H11F2N3O.C2H6/c1-21-16(20)11-5-6-14-10(9-11)7-8-22(14)17(23)12-3-2-4-13(18)15(12)19;1-2/h2-9,20H,1H2;1-2H3. The molecule has 0 bridgehead atoms. The normalized spacial score (nSPS) is 10.1. The molecule has 25 heavy (non-hydrogen) atoms. The van der Waals surface area contributed by atoms with E-state index in [0.717, 1.165) is 6.07 Å². The number of carbonyl (C=O) groups excluding carboxylic acids is 1. The number of nitrogens with zero attached hydrogens (tertiary/aromatic N) is 2. The van der Waals surface area contributed by atoms with Gasteiger partial charge in [0.05, 0.1) is 11.1 Å². The molecule has 2 aromatic carbocycles. The van der Waals surface area contributed by atoms with Crippen LogP contribution in [0.4, 0.5) is 8.78 Å². The molecule has 0 aliphatic carbocycles. The van der Waals surface area contributed by atoms with E-state index in [1.165, 1.54) is 22.9 Å². The van der Waals surface area contributed by atoms with Crippen molar-refractivity contribution in [2.24, 2.45) is 4.99 Å². The molecule has 0 unspecified atom stereocenters. The number of aliphatic imine (C=N–C) groups is 1. The minimum absolute atomic E-state index is 0.0159. The third-order valence-corrected chi connectivity index (χ3v) is 3.52. The fraction of sp³-hybridized carbons (Fsp3) is 0.105. The quantitative estimate of drug-likeness (QED) is 0.535. The lowest BCUT2D eigenvalue weighted by Gasteiger charge is -2.06. The molecule has 4 nitrogen and oxygen atoms in total. The van der Waals surface area contributed by atoms with Gasteiger partial charge in [-0.1, -0.05) is 19.9 Å². The lowest BCUT2D eigenvalue weighted by atomic mass is 10.1. The van der Waals surface area contributed by atoms with Crippen molar-refractivity contribution >= 4 is 29.4 Å². The van der Waals surface area contributed by atoms with Crippen molar-refractivity contribution in [1.82, 2.24) is 4.57 Å². The first kappa shape index (κ1) is 18.2. The maximum atomic E-state index is 13.8. The zero-order chi connectivity index (χ0) is 18.6. The molecule has 0 saturated carbocycles. The van der Waals surface area contributed by atoms with Crippen molar-refractivity contribution < 1.29 is 13.6 Å². The zero-order valence-electron chi connectivity index (χ0n) is 13.9. The maximum Gasteiger partial charge on any atom is 0.265 e. The van der Waals surface area contributed by atoms with Crippen molar-refractivity contribution in [3.8, 4) is 0 Å². The van der Waals surface area contributed by atoms with Gasteiger partial charge in [-0.05, 0) is 43.1 Å².